The number of halogens is 1. The minimum absolute atomic E-state index is 0.142. The van der Waals surface area contributed by atoms with E-state index in [1.54, 1.807) is 47.4 Å². The molecule has 2 aliphatic rings. The number of rotatable bonds is 4. The summed E-state index contributed by atoms with van der Waals surface area (Å²) in [6, 6.07) is 9.71. The molecular weight excluding hydrogens is 420 g/mol. The van der Waals surface area contributed by atoms with Crippen LogP contribution in [0.5, 0.6) is 5.75 Å². The van der Waals surface area contributed by atoms with Crippen LogP contribution in [0.4, 0.5) is 10.5 Å². The van der Waals surface area contributed by atoms with Crippen LogP contribution < -0.4 is 16.0 Å². The van der Waals surface area contributed by atoms with Gasteiger partial charge in [0.05, 0.1) is 6.04 Å². The molecule has 2 aromatic rings. The molecule has 9 heteroatoms. The second-order valence-corrected chi connectivity index (χ2v) is 8.36. The summed E-state index contributed by atoms with van der Waals surface area (Å²) in [5.41, 5.74) is 2.31. The third-order valence-electron chi connectivity index (χ3n) is 5.65. The van der Waals surface area contributed by atoms with E-state index in [9.17, 15) is 19.5 Å². The molecule has 0 spiro atoms. The number of anilines is 1. The van der Waals surface area contributed by atoms with Gasteiger partial charge in [0.1, 0.15) is 17.8 Å². The number of nitrogens with zero attached hydrogens (tertiary/aromatic N) is 1. The van der Waals surface area contributed by atoms with Crippen molar-refractivity contribution in [3.8, 4) is 5.75 Å². The van der Waals surface area contributed by atoms with Crippen molar-refractivity contribution in [2.45, 2.75) is 37.9 Å². The number of aromatic hydroxyl groups is 1. The molecule has 2 aromatic carbocycles. The van der Waals surface area contributed by atoms with E-state index < -0.39 is 18.1 Å². The van der Waals surface area contributed by atoms with E-state index in [1.165, 1.54) is 0 Å². The van der Waals surface area contributed by atoms with E-state index >= 15 is 0 Å². The molecule has 0 radical (unpaired) electrons. The lowest BCUT2D eigenvalue weighted by molar-refractivity contribution is -0.147. The van der Waals surface area contributed by atoms with Crippen LogP contribution in [0.3, 0.4) is 0 Å². The fraction of sp³-hybridized carbons (Fsp3) is 0.318. The highest BCUT2D eigenvalue weighted by molar-refractivity contribution is 6.30. The highest BCUT2D eigenvalue weighted by atomic mass is 35.5. The molecule has 4 rings (SSSR count). The van der Waals surface area contributed by atoms with Crippen LogP contribution in [0.1, 0.15) is 17.5 Å². The van der Waals surface area contributed by atoms with Crippen LogP contribution >= 0.6 is 11.6 Å². The zero-order valence-corrected chi connectivity index (χ0v) is 17.6. The predicted molar refractivity (Wildman–Crippen MR) is 116 cm³/mol. The number of fused-ring (bicyclic) bond motifs is 1. The number of amides is 4. The number of nitrogens with one attached hydrogen (secondary N) is 3. The van der Waals surface area contributed by atoms with Gasteiger partial charge in [-0.2, -0.15) is 0 Å². The normalized spacial score (nSPS) is 22.6. The maximum absolute atomic E-state index is 12.9. The Balaban J connectivity index is 1.38. The van der Waals surface area contributed by atoms with Crippen LogP contribution in [0.15, 0.2) is 42.5 Å². The largest absolute Gasteiger partial charge is 0.508 e. The molecule has 0 aliphatic carbocycles. The van der Waals surface area contributed by atoms with E-state index in [2.05, 4.69) is 16.0 Å². The molecule has 4 N–H and O–H groups in total. The van der Waals surface area contributed by atoms with Crippen LogP contribution in [0, 0.1) is 6.92 Å². The summed E-state index contributed by atoms with van der Waals surface area (Å²) in [5, 5.41) is 18.4. The molecule has 3 atom stereocenters. The third-order valence-corrected chi connectivity index (χ3v) is 5.88. The summed E-state index contributed by atoms with van der Waals surface area (Å²) >= 11 is 5.94. The van der Waals surface area contributed by atoms with E-state index in [0.29, 0.717) is 23.6 Å². The van der Waals surface area contributed by atoms with Crippen molar-refractivity contribution in [3.05, 3.63) is 58.6 Å². The Bertz CT molecular complexity index is 1030. The second kappa shape index (κ2) is 8.47. The lowest BCUT2D eigenvalue weighted by Crippen LogP contribution is -2.61. The number of hydrogen-bond acceptors (Lipinski definition) is 4. The summed E-state index contributed by atoms with van der Waals surface area (Å²) < 4.78 is 0. The first-order chi connectivity index (χ1) is 14.8. The van der Waals surface area contributed by atoms with E-state index in [-0.39, 0.29) is 30.2 Å². The number of aryl methyl sites for hydroxylation is 1. The number of piperazine rings is 1. The molecule has 0 bridgehead atoms. The van der Waals surface area contributed by atoms with Gasteiger partial charge in [-0.1, -0.05) is 23.7 Å². The SMILES string of the molecule is Cc1cc(Cl)ccc1NC(=O)N[C@H]1C[C@H]2C(=O)N[C@@H](Cc3ccc(O)cc3)C(=O)N2C1. The molecule has 0 saturated carbocycles. The predicted octanol–water partition coefficient (Wildman–Crippen LogP) is 2.19. The highest BCUT2D eigenvalue weighted by Crippen LogP contribution is 2.25. The smallest absolute Gasteiger partial charge is 0.319 e. The number of hydrogen-bond donors (Lipinski definition) is 4. The number of phenols is 1. The van der Waals surface area contributed by atoms with E-state index in [0.717, 1.165) is 11.1 Å². The summed E-state index contributed by atoms with van der Waals surface area (Å²) in [4.78, 5) is 39.5. The fourth-order valence-electron chi connectivity index (χ4n) is 4.08. The van der Waals surface area contributed by atoms with Gasteiger partial charge in [-0.05, 0) is 54.8 Å². The van der Waals surface area contributed by atoms with Gasteiger partial charge < -0.3 is 26.0 Å². The zero-order chi connectivity index (χ0) is 22.1. The zero-order valence-electron chi connectivity index (χ0n) is 16.9. The molecule has 2 fully saturated rings. The number of carbonyl (C=O) groups excluding carboxylic acids is 3. The minimum Gasteiger partial charge on any atom is -0.508 e. The molecular formula is C22H23ClN4O4. The fourth-order valence-corrected chi connectivity index (χ4v) is 4.31. The van der Waals surface area contributed by atoms with Gasteiger partial charge >= 0.3 is 6.03 Å². The number of benzene rings is 2. The van der Waals surface area contributed by atoms with E-state index in [4.69, 9.17) is 11.6 Å². The number of phenolic OH excluding ortho intramolecular Hbond substituents is 1. The molecule has 2 heterocycles. The quantitative estimate of drug-likeness (QED) is 0.581. The van der Waals surface area contributed by atoms with Crippen LogP contribution in [-0.2, 0) is 16.0 Å². The number of urea groups is 1. The lowest BCUT2D eigenvalue weighted by Gasteiger charge is -2.34. The number of carbonyl (C=O) groups is 3. The molecule has 2 aliphatic heterocycles. The molecule has 0 aromatic heterocycles. The topological polar surface area (TPSA) is 111 Å². The van der Waals surface area contributed by atoms with Crippen LogP contribution in [-0.4, -0.2) is 52.5 Å². The Morgan fingerprint density at radius 1 is 1.23 bits per heavy atom. The molecule has 2 saturated heterocycles. The van der Waals surface area contributed by atoms with Gasteiger partial charge in [-0.25, -0.2) is 4.79 Å². The van der Waals surface area contributed by atoms with E-state index in [1.807, 2.05) is 6.92 Å². The molecule has 0 unspecified atom stereocenters. The summed E-state index contributed by atoms with van der Waals surface area (Å²) in [6.45, 7) is 2.12. The first-order valence-corrected chi connectivity index (χ1v) is 10.4. The van der Waals surface area contributed by atoms with Crippen molar-refractivity contribution in [2.24, 2.45) is 0 Å². The third kappa shape index (κ3) is 4.59. The monoisotopic (exact) mass is 442 g/mol. The second-order valence-electron chi connectivity index (χ2n) is 7.93. The van der Waals surface area contributed by atoms with Crippen LogP contribution in [0.25, 0.3) is 0 Å². The molecule has 4 amide bonds. The van der Waals surface area contributed by atoms with Gasteiger partial charge in [0.15, 0.2) is 0 Å². The average molecular weight is 443 g/mol. The van der Waals surface area contributed by atoms with Gasteiger partial charge in [0.2, 0.25) is 11.8 Å². The Morgan fingerprint density at radius 3 is 2.68 bits per heavy atom. The van der Waals surface area contributed by atoms with Gasteiger partial charge in [0, 0.05) is 23.7 Å². The van der Waals surface area contributed by atoms with Crippen molar-refractivity contribution >= 4 is 35.1 Å². The van der Waals surface area contributed by atoms with Crippen LogP contribution in [0.2, 0.25) is 5.02 Å². The van der Waals surface area contributed by atoms with Gasteiger partial charge in [0.25, 0.3) is 0 Å². The standard InChI is InChI=1S/C22H23ClN4O4/c1-12-8-14(23)4-7-17(12)26-22(31)24-15-10-19-20(29)25-18(21(30)27(19)11-15)9-13-2-5-16(28)6-3-13/h2-8,15,18-19,28H,9-11H2,1H3,(H,25,29)(H2,24,26,31)/t15-,18-,19-/m0/s1. The molecule has 8 nitrogen and oxygen atoms in total. The van der Waals surface area contributed by atoms with Crippen molar-refractivity contribution in [1.29, 1.82) is 0 Å². The van der Waals surface area contributed by atoms with Crippen molar-refractivity contribution < 1.29 is 19.5 Å². The van der Waals surface area contributed by atoms with Gasteiger partial charge in [-0.3, -0.25) is 9.59 Å². The summed E-state index contributed by atoms with van der Waals surface area (Å²) in [5.74, 6) is -0.249. The molecule has 162 valence electrons. The summed E-state index contributed by atoms with van der Waals surface area (Å²) in [6.07, 6.45) is 0.693. The van der Waals surface area contributed by atoms with Gasteiger partial charge in [-0.15, -0.1) is 0 Å². The Kier molecular flexibility index (Phi) is 5.73. The minimum atomic E-state index is -0.669. The van der Waals surface area contributed by atoms with Crippen molar-refractivity contribution in [1.82, 2.24) is 15.5 Å². The summed E-state index contributed by atoms with van der Waals surface area (Å²) in [7, 11) is 0. The maximum Gasteiger partial charge on any atom is 0.319 e. The lowest BCUT2D eigenvalue weighted by atomic mass is 10.0. The first-order valence-electron chi connectivity index (χ1n) is 10.0. The first kappa shape index (κ1) is 21.0. The highest BCUT2D eigenvalue weighted by Gasteiger charge is 2.46. The Hall–Kier alpha value is -3.26. The van der Waals surface area contributed by atoms with Crippen molar-refractivity contribution in [2.75, 3.05) is 11.9 Å². The Morgan fingerprint density at radius 2 is 1.97 bits per heavy atom. The maximum atomic E-state index is 12.9. The Labute approximate surface area is 184 Å². The average Bonchev–Trinajstić information content (AvgIpc) is 3.14. The van der Waals surface area contributed by atoms with Crippen molar-refractivity contribution in [3.63, 3.8) is 0 Å². The molecule has 31 heavy (non-hydrogen) atoms.